The van der Waals surface area contributed by atoms with Gasteiger partial charge in [-0.25, -0.2) is 9.07 Å². The van der Waals surface area contributed by atoms with Crippen LogP contribution in [0.5, 0.6) is 0 Å². The number of hydrogen-bond donors (Lipinski definition) is 1. The van der Waals surface area contributed by atoms with E-state index in [0.29, 0.717) is 11.3 Å². The highest BCUT2D eigenvalue weighted by atomic mass is 79.9. The summed E-state index contributed by atoms with van der Waals surface area (Å²) in [7, 11) is 0. The molecular formula is C10H7BrFN3S. The van der Waals surface area contributed by atoms with Gasteiger partial charge in [0, 0.05) is 18.0 Å². The minimum Gasteiger partial charge on any atom is -0.389 e. The van der Waals surface area contributed by atoms with Gasteiger partial charge in [-0.1, -0.05) is 12.2 Å². The van der Waals surface area contributed by atoms with Gasteiger partial charge in [-0.15, -0.1) is 0 Å². The molecule has 0 fully saturated rings. The molecule has 0 radical (unpaired) electrons. The van der Waals surface area contributed by atoms with Crippen molar-refractivity contribution in [2.75, 3.05) is 0 Å². The molecule has 0 saturated heterocycles. The van der Waals surface area contributed by atoms with Crippen LogP contribution < -0.4 is 5.73 Å². The predicted octanol–water partition coefficient (Wildman–Crippen LogP) is 2.41. The smallest absolute Gasteiger partial charge is 0.163 e. The summed E-state index contributed by atoms with van der Waals surface area (Å²) in [6.45, 7) is 0. The summed E-state index contributed by atoms with van der Waals surface area (Å²) in [6, 6.07) is 4.96. The van der Waals surface area contributed by atoms with Gasteiger partial charge in [0.15, 0.2) is 5.82 Å². The molecule has 0 aliphatic carbocycles. The number of aromatic nitrogens is 2. The topological polar surface area (TPSA) is 43.8 Å². The summed E-state index contributed by atoms with van der Waals surface area (Å²) >= 11 is 7.94. The van der Waals surface area contributed by atoms with Crippen LogP contribution in [0.25, 0.3) is 5.69 Å². The van der Waals surface area contributed by atoms with Crippen LogP contribution >= 0.6 is 28.1 Å². The molecule has 1 heterocycles. The first kappa shape index (κ1) is 11.2. The maximum atomic E-state index is 14.0. The van der Waals surface area contributed by atoms with Crippen molar-refractivity contribution in [3.05, 3.63) is 46.4 Å². The van der Waals surface area contributed by atoms with Crippen LogP contribution in [0.1, 0.15) is 5.56 Å². The molecule has 0 spiro atoms. The van der Waals surface area contributed by atoms with E-state index in [1.165, 1.54) is 4.68 Å². The van der Waals surface area contributed by atoms with Gasteiger partial charge in [0.1, 0.15) is 10.7 Å². The lowest BCUT2D eigenvalue weighted by Gasteiger charge is -2.08. The molecule has 82 valence electrons. The van der Waals surface area contributed by atoms with Crippen LogP contribution in [-0.2, 0) is 0 Å². The Hall–Kier alpha value is -1.27. The highest BCUT2D eigenvalue weighted by Crippen LogP contribution is 2.25. The number of nitrogens with zero attached hydrogens (tertiary/aromatic N) is 2. The van der Waals surface area contributed by atoms with Gasteiger partial charge in [0.25, 0.3) is 0 Å². The molecule has 2 N–H and O–H groups in total. The molecule has 0 amide bonds. The molecule has 0 bridgehead atoms. The molecule has 16 heavy (non-hydrogen) atoms. The normalized spacial score (nSPS) is 10.4. The molecule has 2 rings (SSSR count). The van der Waals surface area contributed by atoms with E-state index in [4.69, 9.17) is 18.0 Å². The number of benzene rings is 1. The third-order valence-electron chi connectivity index (χ3n) is 2.08. The molecule has 1 aromatic carbocycles. The van der Waals surface area contributed by atoms with Crippen LogP contribution in [0, 0.1) is 5.82 Å². The van der Waals surface area contributed by atoms with Gasteiger partial charge in [0.05, 0.1) is 4.47 Å². The van der Waals surface area contributed by atoms with E-state index < -0.39 is 5.82 Å². The number of nitrogens with two attached hydrogens (primary N) is 1. The lowest BCUT2D eigenvalue weighted by molar-refractivity contribution is 0.604. The zero-order valence-electron chi connectivity index (χ0n) is 8.02. The summed E-state index contributed by atoms with van der Waals surface area (Å²) < 4.78 is 15.7. The van der Waals surface area contributed by atoms with Crippen molar-refractivity contribution in [2.45, 2.75) is 0 Å². The number of hydrogen-bond acceptors (Lipinski definition) is 2. The SMILES string of the molecule is NC(=S)c1ccc(-n2cccn2)c(F)c1Br. The minimum absolute atomic E-state index is 0.151. The lowest BCUT2D eigenvalue weighted by Crippen LogP contribution is -2.12. The number of halogens is 2. The largest absolute Gasteiger partial charge is 0.389 e. The third kappa shape index (κ3) is 1.85. The summed E-state index contributed by atoms with van der Waals surface area (Å²) in [5, 5.41) is 3.95. The van der Waals surface area contributed by atoms with E-state index in [2.05, 4.69) is 21.0 Å². The Bertz CT molecular complexity index is 539. The van der Waals surface area contributed by atoms with E-state index in [-0.39, 0.29) is 9.46 Å². The Morgan fingerprint density at radius 1 is 1.50 bits per heavy atom. The van der Waals surface area contributed by atoms with E-state index in [1.807, 2.05) is 0 Å². The number of thiocarbonyl (C=S) groups is 1. The first-order chi connectivity index (χ1) is 7.61. The van der Waals surface area contributed by atoms with Crippen LogP contribution in [-0.4, -0.2) is 14.8 Å². The van der Waals surface area contributed by atoms with E-state index in [0.717, 1.165) is 0 Å². The molecule has 6 heteroatoms. The Morgan fingerprint density at radius 2 is 2.25 bits per heavy atom. The standard InChI is InChI=1S/C10H7BrFN3S/c11-8-6(10(13)16)2-3-7(9(8)12)15-5-1-4-14-15/h1-5H,(H2,13,16). The summed E-state index contributed by atoms with van der Waals surface area (Å²) in [4.78, 5) is 0.151. The molecule has 0 aliphatic rings. The minimum atomic E-state index is -0.436. The average Bonchev–Trinajstić information content (AvgIpc) is 2.74. The Labute approximate surface area is 105 Å². The second kappa shape index (κ2) is 4.31. The van der Waals surface area contributed by atoms with Crippen molar-refractivity contribution in [1.29, 1.82) is 0 Å². The predicted molar refractivity (Wildman–Crippen MR) is 67.1 cm³/mol. The molecule has 0 unspecified atom stereocenters. The van der Waals surface area contributed by atoms with Crippen molar-refractivity contribution < 1.29 is 4.39 Å². The zero-order chi connectivity index (χ0) is 11.7. The monoisotopic (exact) mass is 299 g/mol. The van der Waals surface area contributed by atoms with Gasteiger partial charge in [-0.2, -0.15) is 5.10 Å². The Morgan fingerprint density at radius 3 is 2.81 bits per heavy atom. The molecule has 2 aromatic rings. The molecule has 3 nitrogen and oxygen atoms in total. The first-order valence-electron chi connectivity index (χ1n) is 4.39. The fourth-order valence-electron chi connectivity index (χ4n) is 1.32. The second-order valence-electron chi connectivity index (χ2n) is 3.08. The number of rotatable bonds is 2. The van der Waals surface area contributed by atoms with Gasteiger partial charge in [-0.3, -0.25) is 0 Å². The molecule has 0 saturated carbocycles. The fourth-order valence-corrected chi connectivity index (χ4v) is 2.17. The first-order valence-corrected chi connectivity index (χ1v) is 5.59. The van der Waals surface area contributed by atoms with Crippen LogP contribution in [0.3, 0.4) is 0 Å². The van der Waals surface area contributed by atoms with Gasteiger partial charge in [0.2, 0.25) is 0 Å². The van der Waals surface area contributed by atoms with Crippen molar-refractivity contribution in [3.8, 4) is 5.69 Å². The van der Waals surface area contributed by atoms with Crippen molar-refractivity contribution in [3.63, 3.8) is 0 Å². The van der Waals surface area contributed by atoms with E-state index in [9.17, 15) is 4.39 Å². The molecule has 0 atom stereocenters. The maximum absolute atomic E-state index is 14.0. The lowest BCUT2D eigenvalue weighted by atomic mass is 10.2. The molecule has 0 aliphatic heterocycles. The summed E-state index contributed by atoms with van der Waals surface area (Å²) in [5.41, 5.74) is 6.28. The quantitative estimate of drug-likeness (QED) is 0.866. The second-order valence-corrected chi connectivity index (χ2v) is 4.31. The molecular weight excluding hydrogens is 293 g/mol. The highest BCUT2D eigenvalue weighted by molar-refractivity contribution is 9.10. The maximum Gasteiger partial charge on any atom is 0.163 e. The van der Waals surface area contributed by atoms with Crippen molar-refractivity contribution in [2.24, 2.45) is 5.73 Å². The van der Waals surface area contributed by atoms with Crippen LogP contribution in [0.4, 0.5) is 4.39 Å². The van der Waals surface area contributed by atoms with Crippen molar-refractivity contribution in [1.82, 2.24) is 9.78 Å². The summed E-state index contributed by atoms with van der Waals surface area (Å²) in [5.74, 6) is -0.436. The van der Waals surface area contributed by atoms with Crippen LogP contribution in [0.2, 0.25) is 0 Å². The Kier molecular flexibility index (Phi) is 3.02. The average molecular weight is 300 g/mol. The van der Waals surface area contributed by atoms with Crippen molar-refractivity contribution >= 4 is 33.1 Å². The van der Waals surface area contributed by atoms with Gasteiger partial charge < -0.3 is 5.73 Å². The van der Waals surface area contributed by atoms with E-state index >= 15 is 0 Å². The fraction of sp³-hybridized carbons (Fsp3) is 0. The Balaban J connectivity index is 2.60. The third-order valence-corrected chi connectivity index (χ3v) is 3.07. The van der Waals surface area contributed by atoms with Crippen LogP contribution in [0.15, 0.2) is 35.1 Å². The summed E-state index contributed by atoms with van der Waals surface area (Å²) in [6.07, 6.45) is 3.24. The van der Waals surface area contributed by atoms with Gasteiger partial charge >= 0.3 is 0 Å². The zero-order valence-corrected chi connectivity index (χ0v) is 10.4. The van der Waals surface area contributed by atoms with E-state index in [1.54, 1.807) is 30.6 Å². The highest BCUT2D eigenvalue weighted by Gasteiger charge is 2.13. The van der Waals surface area contributed by atoms with Gasteiger partial charge in [-0.05, 0) is 34.1 Å². The molecule has 1 aromatic heterocycles.